The van der Waals surface area contributed by atoms with E-state index in [1.807, 2.05) is 0 Å². The number of aliphatic imine (C=N–C) groups is 1. The fourth-order valence-electron chi connectivity index (χ4n) is 2.36. The van der Waals surface area contributed by atoms with Crippen LogP contribution in [0.4, 0.5) is 0 Å². The first-order valence-corrected chi connectivity index (χ1v) is 7.82. The van der Waals surface area contributed by atoms with Crippen molar-refractivity contribution in [3.05, 3.63) is 17.7 Å². The van der Waals surface area contributed by atoms with Crippen LogP contribution in [0.2, 0.25) is 0 Å². The van der Waals surface area contributed by atoms with Crippen LogP contribution in [0.5, 0.6) is 0 Å². The summed E-state index contributed by atoms with van der Waals surface area (Å²) in [6.07, 6.45) is 6.88. The summed E-state index contributed by atoms with van der Waals surface area (Å²) in [5.74, 6) is 2.11. The molecule has 0 amide bonds. The first-order valence-electron chi connectivity index (χ1n) is 7.82. The molecule has 0 aliphatic carbocycles. The first-order chi connectivity index (χ1) is 9.72. The van der Waals surface area contributed by atoms with E-state index in [4.69, 9.17) is 0 Å². The van der Waals surface area contributed by atoms with E-state index >= 15 is 0 Å². The normalized spacial score (nSPS) is 16.6. The van der Waals surface area contributed by atoms with Crippen molar-refractivity contribution in [1.82, 2.24) is 20.2 Å². The van der Waals surface area contributed by atoms with Gasteiger partial charge in [0.25, 0.3) is 0 Å². The van der Waals surface area contributed by atoms with Gasteiger partial charge < -0.3 is 15.2 Å². The Morgan fingerprint density at radius 2 is 2.30 bits per heavy atom. The molecule has 5 nitrogen and oxygen atoms in total. The minimum absolute atomic E-state index is 0.433. The van der Waals surface area contributed by atoms with Gasteiger partial charge in [0.15, 0.2) is 5.96 Å². The Balaban J connectivity index is 1.99. The van der Waals surface area contributed by atoms with E-state index in [1.54, 1.807) is 0 Å². The fourth-order valence-corrected chi connectivity index (χ4v) is 2.36. The number of imidazole rings is 1. The molecule has 0 bridgehead atoms. The monoisotopic (exact) mass is 277 g/mol. The van der Waals surface area contributed by atoms with Crippen molar-refractivity contribution in [2.24, 2.45) is 4.99 Å². The van der Waals surface area contributed by atoms with Crippen LogP contribution in [0.1, 0.15) is 51.6 Å². The molecule has 0 saturated carbocycles. The van der Waals surface area contributed by atoms with Crippen molar-refractivity contribution < 1.29 is 0 Å². The molecule has 1 aromatic rings. The number of hydrogen-bond donors (Lipinski definition) is 2. The number of rotatable bonds is 5. The molecule has 20 heavy (non-hydrogen) atoms. The Kier molecular flexibility index (Phi) is 5.44. The third kappa shape index (κ3) is 3.99. The molecule has 0 spiro atoms. The molecular formula is C15H27N5. The molecule has 5 heteroatoms. The lowest BCUT2D eigenvalue weighted by molar-refractivity contribution is 0.522. The van der Waals surface area contributed by atoms with Crippen LogP contribution in [-0.2, 0) is 19.5 Å². The average molecular weight is 277 g/mol. The van der Waals surface area contributed by atoms with Crippen LogP contribution in [0.15, 0.2) is 11.2 Å². The standard InChI is InChI=1S/C15H27N5/c1-4-12(3)18-15(16-5-2)17-10-13-11-20-9-7-6-8-14(20)19-13/h11-12H,4-10H2,1-3H3,(H2,16,17,18)/t12-/m0/s1. The van der Waals surface area contributed by atoms with Gasteiger partial charge in [-0.25, -0.2) is 9.98 Å². The van der Waals surface area contributed by atoms with Crippen molar-refractivity contribution in [2.75, 3.05) is 6.54 Å². The summed E-state index contributed by atoms with van der Waals surface area (Å²) in [4.78, 5) is 9.32. The van der Waals surface area contributed by atoms with Crippen LogP contribution in [0, 0.1) is 0 Å². The molecule has 2 N–H and O–H groups in total. The van der Waals surface area contributed by atoms with Crippen LogP contribution in [-0.4, -0.2) is 28.1 Å². The molecule has 0 radical (unpaired) electrons. The number of hydrogen-bond acceptors (Lipinski definition) is 2. The summed E-state index contributed by atoms with van der Waals surface area (Å²) in [6.45, 7) is 9.06. The van der Waals surface area contributed by atoms with Gasteiger partial charge in [-0.2, -0.15) is 0 Å². The second-order valence-electron chi connectivity index (χ2n) is 5.45. The zero-order valence-corrected chi connectivity index (χ0v) is 12.9. The van der Waals surface area contributed by atoms with E-state index in [0.717, 1.165) is 37.6 Å². The van der Waals surface area contributed by atoms with Crippen LogP contribution in [0.3, 0.4) is 0 Å². The summed E-state index contributed by atoms with van der Waals surface area (Å²) < 4.78 is 2.28. The SMILES string of the molecule is CCNC(=NCc1cn2c(n1)CCCC2)N[C@@H](C)CC. The lowest BCUT2D eigenvalue weighted by Gasteiger charge is -2.15. The number of aryl methyl sites for hydroxylation is 2. The maximum atomic E-state index is 4.68. The van der Waals surface area contributed by atoms with Gasteiger partial charge in [-0.05, 0) is 33.1 Å². The maximum absolute atomic E-state index is 4.68. The van der Waals surface area contributed by atoms with Gasteiger partial charge in [0, 0.05) is 31.7 Å². The first kappa shape index (κ1) is 14.9. The van der Waals surface area contributed by atoms with Gasteiger partial charge in [-0.1, -0.05) is 6.92 Å². The largest absolute Gasteiger partial charge is 0.357 e. The van der Waals surface area contributed by atoms with Crippen molar-refractivity contribution in [1.29, 1.82) is 0 Å². The average Bonchev–Trinajstić information content (AvgIpc) is 2.87. The molecule has 1 aliphatic heterocycles. The highest BCUT2D eigenvalue weighted by molar-refractivity contribution is 5.79. The molecule has 1 atom stereocenters. The van der Waals surface area contributed by atoms with E-state index in [2.05, 4.69) is 52.1 Å². The third-order valence-electron chi connectivity index (χ3n) is 3.70. The van der Waals surface area contributed by atoms with Crippen molar-refractivity contribution in [3.63, 3.8) is 0 Å². The van der Waals surface area contributed by atoms with E-state index in [9.17, 15) is 0 Å². The summed E-state index contributed by atoms with van der Waals surface area (Å²) in [5.41, 5.74) is 1.07. The predicted octanol–water partition coefficient (Wildman–Crippen LogP) is 2.07. The van der Waals surface area contributed by atoms with Crippen LogP contribution in [0.25, 0.3) is 0 Å². The quantitative estimate of drug-likeness (QED) is 0.640. The Bertz CT molecular complexity index is 426. The summed E-state index contributed by atoms with van der Waals surface area (Å²) >= 11 is 0. The lowest BCUT2D eigenvalue weighted by Crippen LogP contribution is -2.41. The summed E-state index contributed by atoms with van der Waals surface area (Å²) in [7, 11) is 0. The van der Waals surface area contributed by atoms with E-state index in [-0.39, 0.29) is 0 Å². The highest BCUT2D eigenvalue weighted by atomic mass is 15.2. The van der Waals surface area contributed by atoms with E-state index in [1.165, 1.54) is 18.7 Å². The van der Waals surface area contributed by atoms with Gasteiger partial charge in [0.05, 0.1) is 12.2 Å². The van der Waals surface area contributed by atoms with Crippen LogP contribution >= 0.6 is 0 Å². The summed E-state index contributed by atoms with van der Waals surface area (Å²) in [6, 6.07) is 0.433. The predicted molar refractivity (Wildman–Crippen MR) is 82.9 cm³/mol. The second-order valence-corrected chi connectivity index (χ2v) is 5.45. The lowest BCUT2D eigenvalue weighted by atomic mass is 10.2. The maximum Gasteiger partial charge on any atom is 0.191 e. The molecule has 0 unspecified atom stereocenters. The molecule has 112 valence electrons. The third-order valence-corrected chi connectivity index (χ3v) is 3.70. The molecular weight excluding hydrogens is 250 g/mol. The van der Waals surface area contributed by atoms with Crippen molar-refractivity contribution in [3.8, 4) is 0 Å². The van der Waals surface area contributed by atoms with Crippen LogP contribution < -0.4 is 10.6 Å². The molecule has 0 aromatic carbocycles. The molecule has 0 saturated heterocycles. The van der Waals surface area contributed by atoms with Gasteiger partial charge in [-0.15, -0.1) is 0 Å². The van der Waals surface area contributed by atoms with E-state index < -0.39 is 0 Å². The van der Waals surface area contributed by atoms with Gasteiger partial charge >= 0.3 is 0 Å². The highest BCUT2D eigenvalue weighted by Crippen LogP contribution is 2.14. The second kappa shape index (κ2) is 7.31. The Labute approximate surface area is 121 Å². The number of guanidine groups is 1. The van der Waals surface area contributed by atoms with Gasteiger partial charge in [-0.3, -0.25) is 0 Å². The van der Waals surface area contributed by atoms with Crippen molar-refractivity contribution in [2.45, 2.75) is 65.6 Å². The highest BCUT2D eigenvalue weighted by Gasteiger charge is 2.12. The topological polar surface area (TPSA) is 54.2 Å². The zero-order chi connectivity index (χ0) is 14.4. The minimum atomic E-state index is 0.433. The Morgan fingerprint density at radius 3 is 3.00 bits per heavy atom. The number of aromatic nitrogens is 2. The molecule has 2 rings (SSSR count). The fraction of sp³-hybridized carbons (Fsp3) is 0.733. The van der Waals surface area contributed by atoms with Gasteiger partial charge in [0.2, 0.25) is 0 Å². The molecule has 1 aliphatic rings. The minimum Gasteiger partial charge on any atom is -0.357 e. The number of nitrogens with zero attached hydrogens (tertiary/aromatic N) is 3. The number of fused-ring (bicyclic) bond motifs is 1. The summed E-state index contributed by atoms with van der Waals surface area (Å²) in [5, 5.41) is 6.69. The number of nitrogens with one attached hydrogen (secondary N) is 2. The van der Waals surface area contributed by atoms with Gasteiger partial charge in [0.1, 0.15) is 5.82 Å². The van der Waals surface area contributed by atoms with Crippen molar-refractivity contribution >= 4 is 5.96 Å². The molecule has 2 heterocycles. The Hall–Kier alpha value is -1.52. The Morgan fingerprint density at radius 1 is 1.45 bits per heavy atom. The van der Waals surface area contributed by atoms with E-state index in [0.29, 0.717) is 12.6 Å². The zero-order valence-electron chi connectivity index (χ0n) is 12.9. The molecule has 1 aromatic heterocycles. The molecule has 0 fully saturated rings. The smallest absolute Gasteiger partial charge is 0.191 e.